The van der Waals surface area contributed by atoms with Gasteiger partial charge in [-0.05, 0) is 24.3 Å². The van der Waals surface area contributed by atoms with Gasteiger partial charge >= 0.3 is 5.97 Å². The van der Waals surface area contributed by atoms with Crippen LogP contribution in [0.4, 0.5) is 0 Å². The van der Waals surface area contributed by atoms with E-state index in [1.807, 2.05) is 12.1 Å². The summed E-state index contributed by atoms with van der Waals surface area (Å²) in [6.45, 7) is 0. The highest BCUT2D eigenvalue weighted by Gasteiger charge is 2.27. The molecule has 1 N–H and O–H groups in total. The Morgan fingerprint density at radius 1 is 1.09 bits per heavy atom. The second-order valence-corrected chi connectivity index (χ2v) is 4.84. The Morgan fingerprint density at radius 3 is 2.39 bits per heavy atom. The topological polar surface area (TPSA) is 90.8 Å². The van der Waals surface area contributed by atoms with Gasteiger partial charge < -0.3 is 19.3 Å². The van der Waals surface area contributed by atoms with Crippen molar-refractivity contribution in [2.45, 2.75) is 0 Å². The number of aromatic hydroxyl groups is 1. The lowest BCUT2D eigenvalue weighted by Gasteiger charge is -2.20. The molecule has 1 aliphatic heterocycles. The molecule has 1 aliphatic rings. The van der Waals surface area contributed by atoms with Crippen LogP contribution in [0.1, 0.15) is 10.4 Å². The molecule has 0 aliphatic carbocycles. The second kappa shape index (κ2) is 4.84. The van der Waals surface area contributed by atoms with Crippen LogP contribution in [0.5, 0.6) is 29.0 Å². The summed E-state index contributed by atoms with van der Waals surface area (Å²) in [4.78, 5) is 20.3. The fraction of sp³-hybridized carbons (Fsp3) is 0.0625. The monoisotopic (exact) mass is 310 g/mol. The molecular formula is C16H10N2O5. The molecule has 23 heavy (non-hydrogen) atoms. The number of fused-ring (bicyclic) bond motifs is 3. The fourth-order valence-corrected chi connectivity index (χ4v) is 2.30. The van der Waals surface area contributed by atoms with Crippen LogP contribution in [-0.2, 0) is 4.74 Å². The van der Waals surface area contributed by atoms with E-state index in [-0.39, 0.29) is 34.6 Å². The Morgan fingerprint density at radius 2 is 1.74 bits per heavy atom. The maximum absolute atomic E-state index is 11.6. The first-order valence-electron chi connectivity index (χ1n) is 6.73. The molecule has 4 rings (SSSR count). The van der Waals surface area contributed by atoms with Crippen molar-refractivity contribution in [2.24, 2.45) is 0 Å². The lowest BCUT2D eigenvalue weighted by Crippen LogP contribution is -2.06. The van der Waals surface area contributed by atoms with Crippen molar-refractivity contribution < 1.29 is 24.1 Å². The molecule has 0 bridgehead atoms. The summed E-state index contributed by atoms with van der Waals surface area (Å²) < 4.78 is 15.9. The number of rotatable bonds is 1. The highest BCUT2D eigenvalue weighted by atomic mass is 16.6. The summed E-state index contributed by atoms with van der Waals surface area (Å²) in [6, 6.07) is 9.92. The van der Waals surface area contributed by atoms with E-state index >= 15 is 0 Å². The van der Waals surface area contributed by atoms with E-state index in [0.717, 1.165) is 0 Å². The molecule has 2 heterocycles. The highest BCUT2D eigenvalue weighted by Crippen LogP contribution is 2.48. The van der Waals surface area contributed by atoms with E-state index in [4.69, 9.17) is 9.47 Å². The Labute approximate surface area is 130 Å². The van der Waals surface area contributed by atoms with Crippen LogP contribution in [0.25, 0.3) is 11.0 Å². The number of carbonyl (C=O) groups excluding carboxylic acids is 1. The minimum atomic E-state index is -0.595. The van der Waals surface area contributed by atoms with Crippen LogP contribution in [-0.4, -0.2) is 28.2 Å². The SMILES string of the molecule is COC(=O)c1cc(O)c2c(c1)Oc1nc3ccccc3nc1O2. The molecule has 7 nitrogen and oxygen atoms in total. The number of para-hydroxylation sites is 2. The number of hydrogen-bond acceptors (Lipinski definition) is 7. The molecule has 0 unspecified atom stereocenters. The van der Waals surface area contributed by atoms with E-state index in [2.05, 4.69) is 14.7 Å². The van der Waals surface area contributed by atoms with Crippen LogP contribution in [0, 0.1) is 0 Å². The van der Waals surface area contributed by atoms with Crippen molar-refractivity contribution in [1.82, 2.24) is 9.97 Å². The van der Waals surface area contributed by atoms with Crippen molar-refractivity contribution in [1.29, 1.82) is 0 Å². The number of esters is 1. The van der Waals surface area contributed by atoms with Gasteiger partial charge in [-0.2, -0.15) is 0 Å². The molecule has 7 heteroatoms. The smallest absolute Gasteiger partial charge is 0.338 e. The zero-order chi connectivity index (χ0) is 16.0. The number of aromatic nitrogens is 2. The number of phenolic OH excluding ortho intramolecular Hbond substituents is 1. The zero-order valence-electron chi connectivity index (χ0n) is 11.9. The molecule has 0 atom stereocenters. The van der Waals surface area contributed by atoms with E-state index in [1.165, 1.54) is 19.2 Å². The Balaban J connectivity index is 1.84. The number of ether oxygens (including phenoxy) is 3. The summed E-state index contributed by atoms with van der Waals surface area (Å²) in [7, 11) is 1.25. The van der Waals surface area contributed by atoms with E-state index in [1.54, 1.807) is 12.1 Å². The number of carbonyl (C=O) groups is 1. The van der Waals surface area contributed by atoms with Crippen LogP contribution >= 0.6 is 0 Å². The molecule has 0 radical (unpaired) electrons. The largest absolute Gasteiger partial charge is 0.504 e. The lowest BCUT2D eigenvalue weighted by molar-refractivity contribution is 0.0599. The molecule has 0 fully saturated rings. The zero-order valence-corrected chi connectivity index (χ0v) is 11.9. The summed E-state index contributed by atoms with van der Waals surface area (Å²) >= 11 is 0. The van der Waals surface area contributed by atoms with Gasteiger partial charge in [0.25, 0.3) is 11.8 Å². The van der Waals surface area contributed by atoms with Crippen molar-refractivity contribution in [3.8, 4) is 29.0 Å². The van der Waals surface area contributed by atoms with E-state index in [9.17, 15) is 9.90 Å². The van der Waals surface area contributed by atoms with E-state index in [0.29, 0.717) is 11.0 Å². The molecule has 0 saturated heterocycles. The maximum Gasteiger partial charge on any atom is 0.338 e. The quantitative estimate of drug-likeness (QED) is 0.540. The van der Waals surface area contributed by atoms with Crippen molar-refractivity contribution in [3.05, 3.63) is 42.0 Å². The number of nitrogens with zero attached hydrogens (tertiary/aromatic N) is 2. The highest BCUT2D eigenvalue weighted by molar-refractivity contribution is 5.91. The summed E-state index contributed by atoms with van der Waals surface area (Å²) in [5, 5.41) is 10.1. The first-order valence-corrected chi connectivity index (χ1v) is 6.73. The normalized spacial score (nSPS) is 11.9. The molecule has 0 saturated carbocycles. The second-order valence-electron chi connectivity index (χ2n) is 4.84. The third-order valence-corrected chi connectivity index (χ3v) is 3.37. The standard InChI is InChI=1S/C16H10N2O5/c1-21-16(20)8-6-11(19)13-12(7-8)22-14-15(23-13)18-10-5-3-2-4-9(10)17-14/h2-7,19H,1H3. The van der Waals surface area contributed by atoms with Gasteiger partial charge in [-0.15, -0.1) is 0 Å². The Bertz CT molecular complexity index is 955. The minimum absolute atomic E-state index is 0.0785. The molecule has 0 amide bonds. The van der Waals surface area contributed by atoms with Crippen LogP contribution in [0.2, 0.25) is 0 Å². The predicted octanol–water partition coefficient (Wildman–Crippen LogP) is 3.02. The number of hydrogen-bond donors (Lipinski definition) is 1. The average Bonchev–Trinajstić information content (AvgIpc) is 2.57. The van der Waals surface area contributed by atoms with Crippen molar-refractivity contribution in [3.63, 3.8) is 0 Å². The third-order valence-electron chi connectivity index (χ3n) is 3.37. The van der Waals surface area contributed by atoms with Gasteiger partial charge in [-0.25, -0.2) is 14.8 Å². The van der Waals surface area contributed by atoms with Crippen molar-refractivity contribution in [2.75, 3.05) is 7.11 Å². The van der Waals surface area contributed by atoms with E-state index < -0.39 is 5.97 Å². The minimum Gasteiger partial charge on any atom is -0.504 e. The molecule has 1 aromatic heterocycles. The Kier molecular flexibility index (Phi) is 2.80. The molecule has 2 aromatic carbocycles. The molecule has 0 spiro atoms. The fourth-order valence-electron chi connectivity index (χ4n) is 2.30. The van der Waals surface area contributed by atoms with Gasteiger partial charge in [0.15, 0.2) is 11.5 Å². The maximum atomic E-state index is 11.6. The van der Waals surface area contributed by atoms with Gasteiger partial charge in [-0.3, -0.25) is 0 Å². The average molecular weight is 310 g/mol. The summed E-state index contributed by atoms with van der Waals surface area (Å²) in [6.07, 6.45) is 0. The van der Waals surface area contributed by atoms with Crippen LogP contribution in [0.3, 0.4) is 0 Å². The first-order chi connectivity index (χ1) is 11.2. The van der Waals surface area contributed by atoms with Crippen LogP contribution < -0.4 is 9.47 Å². The molecule has 114 valence electrons. The predicted molar refractivity (Wildman–Crippen MR) is 79.1 cm³/mol. The number of methoxy groups -OCH3 is 1. The van der Waals surface area contributed by atoms with Crippen molar-refractivity contribution >= 4 is 17.0 Å². The molecule has 3 aromatic rings. The van der Waals surface area contributed by atoms with Gasteiger partial charge in [0, 0.05) is 0 Å². The van der Waals surface area contributed by atoms with Gasteiger partial charge in [-0.1, -0.05) is 12.1 Å². The Hall–Kier alpha value is -3.35. The lowest BCUT2D eigenvalue weighted by atomic mass is 10.2. The van der Waals surface area contributed by atoms with Gasteiger partial charge in [0.2, 0.25) is 5.75 Å². The number of phenols is 1. The van der Waals surface area contributed by atoms with Crippen LogP contribution in [0.15, 0.2) is 36.4 Å². The third kappa shape index (κ3) is 2.10. The summed E-state index contributed by atoms with van der Waals surface area (Å²) in [5.41, 5.74) is 1.43. The van der Waals surface area contributed by atoms with Gasteiger partial charge in [0.05, 0.1) is 23.7 Å². The molecular weight excluding hydrogens is 300 g/mol. The van der Waals surface area contributed by atoms with Gasteiger partial charge in [0.1, 0.15) is 0 Å². The number of benzene rings is 2. The summed E-state index contributed by atoms with van der Waals surface area (Å²) in [5.74, 6) is -0.280. The first kappa shape index (κ1) is 13.3.